The summed E-state index contributed by atoms with van der Waals surface area (Å²) in [5.74, 6) is 2.05. The Hall–Kier alpha value is -2.15. The van der Waals surface area contributed by atoms with Crippen LogP contribution >= 0.6 is 11.6 Å². The Morgan fingerprint density at radius 3 is 2.73 bits per heavy atom. The largest absolute Gasteiger partial charge is 0.323 e. The molecule has 2 N–H and O–H groups in total. The molecule has 8 heteroatoms. The number of nitrogens with one attached hydrogen (secondary N) is 2. The first-order chi connectivity index (χ1) is 12.5. The molecule has 0 saturated heterocycles. The van der Waals surface area contributed by atoms with Crippen LogP contribution in [0.5, 0.6) is 0 Å². The van der Waals surface area contributed by atoms with Crippen LogP contribution in [0.2, 0.25) is 5.15 Å². The third-order valence-electron chi connectivity index (χ3n) is 5.41. The van der Waals surface area contributed by atoms with Crippen molar-refractivity contribution in [3.63, 3.8) is 0 Å². The van der Waals surface area contributed by atoms with Crippen LogP contribution in [0.4, 0.5) is 5.69 Å². The summed E-state index contributed by atoms with van der Waals surface area (Å²) < 4.78 is 1.60. The number of amides is 1. The summed E-state index contributed by atoms with van der Waals surface area (Å²) in [5, 5.41) is 13.4. The highest BCUT2D eigenvalue weighted by Gasteiger charge is 2.45. The Kier molecular flexibility index (Phi) is 4.56. The molecule has 7 nitrogen and oxygen atoms in total. The summed E-state index contributed by atoms with van der Waals surface area (Å²) in [6.07, 6.45) is 8.38. The molecule has 2 aliphatic rings. The Morgan fingerprint density at radius 2 is 2.08 bits per heavy atom. The van der Waals surface area contributed by atoms with Crippen LogP contribution in [0.25, 0.3) is 0 Å². The first-order valence-corrected chi connectivity index (χ1v) is 9.46. The van der Waals surface area contributed by atoms with E-state index in [1.54, 1.807) is 17.1 Å². The second kappa shape index (κ2) is 6.87. The number of H-pyrrole nitrogens is 1. The molecule has 2 heterocycles. The minimum atomic E-state index is -0.305. The summed E-state index contributed by atoms with van der Waals surface area (Å²) in [7, 11) is 0. The Balaban J connectivity index is 1.40. The molecule has 138 valence electrons. The van der Waals surface area contributed by atoms with Crippen LogP contribution in [0, 0.1) is 23.7 Å². The number of rotatable bonds is 7. The SMILES string of the molecule is C[C@H](C(=O)Nc1cnn(Cc2cc(Cl)n[nH]c2=O)c1)C(C1CC1)C1CC1. The standard InChI is InChI=1S/C18H22ClN5O2/c1-10(16(11-2-3-11)12-4-5-12)17(25)21-14-7-20-24(9-14)8-13-6-15(19)22-23-18(13)26/h6-7,9-12,16H,2-5,8H2,1H3,(H,21,25)(H,23,26)/t10-/m0/s1. The Bertz CT molecular complexity index is 856. The first kappa shape index (κ1) is 17.3. The summed E-state index contributed by atoms with van der Waals surface area (Å²) in [6, 6.07) is 1.51. The van der Waals surface area contributed by atoms with Crippen LogP contribution in [0.15, 0.2) is 23.3 Å². The molecular formula is C18H22ClN5O2. The highest BCUT2D eigenvalue weighted by atomic mass is 35.5. The van der Waals surface area contributed by atoms with Crippen molar-refractivity contribution >= 4 is 23.2 Å². The summed E-state index contributed by atoms with van der Waals surface area (Å²) in [6.45, 7) is 2.30. The normalized spacial score (nSPS) is 18.1. The number of nitrogens with zero attached hydrogens (tertiary/aromatic N) is 3. The Labute approximate surface area is 156 Å². The van der Waals surface area contributed by atoms with Crippen molar-refractivity contribution < 1.29 is 4.79 Å². The molecule has 1 atom stereocenters. The zero-order valence-corrected chi connectivity index (χ0v) is 15.4. The van der Waals surface area contributed by atoms with Gasteiger partial charge in [-0.15, -0.1) is 0 Å². The summed E-state index contributed by atoms with van der Waals surface area (Å²) in [5.41, 5.74) is 0.798. The van der Waals surface area contributed by atoms with Gasteiger partial charge >= 0.3 is 0 Å². The highest BCUT2D eigenvalue weighted by Crippen LogP contribution is 2.52. The van der Waals surface area contributed by atoms with Gasteiger partial charge in [0, 0.05) is 17.7 Å². The minimum absolute atomic E-state index is 0.0141. The van der Waals surface area contributed by atoms with Crippen molar-refractivity contribution in [2.24, 2.45) is 23.7 Å². The van der Waals surface area contributed by atoms with Crippen molar-refractivity contribution in [2.75, 3.05) is 5.32 Å². The average molecular weight is 376 g/mol. The van der Waals surface area contributed by atoms with Gasteiger partial charge in [-0.25, -0.2) is 5.10 Å². The van der Waals surface area contributed by atoms with E-state index in [-0.39, 0.29) is 29.1 Å². The number of carbonyl (C=O) groups excluding carboxylic acids is 1. The van der Waals surface area contributed by atoms with Gasteiger partial charge in [-0.3, -0.25) is 14.3 Å². The number of hydrogen-bond acceptors (Lipinski definition) is 4. The molecule has 2 fully saturated rings. The molecule has 26 heavy (non-hydrogen) atoms. The fourth-order valence-corrected chi connectivity index (χ4v) is 3.99. The Morgan fingerprint density at radius 1 is 1.38 bits per heavy atom. The van der Waals surface area contributed by atoms with Crippen LogP contribution in [0.3, 0.4) is 0 Å². The van der Waals surface area contributed by atoms with Crippen LogP contribution in [0.1, 0.15) is 38.2 Å². The third-order valence-corrected chi connectivity index (χ3v) is 5.60. The molecule has 0 radical (unpaired) electrons. The highest BCUT2D eigenvalue weighted by molar-refractivity contribution is 6.29. The van der Waals surface area contributed by atoms with E-state index in [0.717, 1.165) is 11.8 Å². The van der Waals surface area contributed by atoms with Gasteiger partial charge in [0.2, 0.25) is 5.91 Å². The maximum absolute atomic E-state index is 12.7. The van der Waals surface area contributed by atoms with Gasteiger partial charge in [0.05, 0.1) is 18.4 Å². The summed E-state index contributed by atoms with van der Waals surface area (Å²) in [4.78, 5) is 24.4. The second-order valence-electron chi connectivity index (χ2n) is 7.50. The summed E-state index contributed by atoms with van der Waals surface area (Å²) >= 11 is 5.81. The third kappa shape index (κ3) is 3.82. The molecule has 2 aromatic rings. The molecule has 2 saturated carbocycles. The number of anilines is 1. The van der Waals surface area contributed by atoms with E-state index < -0.39 is 0 Å². The van der Waals surface area contributed by atoms with E-state index in [9.17, 15) is 9.59 Å². The molecule has 2 aromatic heterocycles. The van der Waals surface area contributed by atoms with Crippen molar-refractivity contribution in [1.29, 1.82) is 0 Å². The lowest BCUT2D eigenvalue weighted by Crippen LogP contribution is -2.29. The quantitative estimate of drug-likeness (QED) is 0.778. The van der Waals surface area contributed by atoms with Crippen LogP contribution < -0.4 is 10.9 Å². The lowest BCUT2D eigenvalue weighted by Gasteiger charge is -2.22. The monoisotopic (exact) mass is 375 g/mol. The van der Waals surface area contributed by atoms with Gasteiger partial charge in [-0.2, -0.15) is 10.2 Å². The van der Waals surface area contributed by atoms with Gasteiger partial charge in [-0.1, -0.05) is 18.5 Å². The molecule has 0 spiro atoms. The van der Waals surface area contributed by atoms with Crippen LogP contribution in [-0.4, -0.2) is 25.9 Å². The smallest absolute Gasteiger partial charge is 0.269 e. The van der Waals surface area contributed by atoms with E-state index in [2.05, 4.69) is 20.6 Å². The fourth-order valence-electron chi connectivity index (χ4n) is 3.82. The van der Waals surface area contributed by atoms with E-state index in [1.165, 1.54) is 31.7 Å². The minimum Gasteiger partial charge on any atom is -0.323 e. The number of aromatic amines is 1. The lowest BCUT2D eigenvalue weighted by atomic mass is 9.84. The van der Waals surface area contributed by atoms with Gasteiger partial charge in [0.15, 0.2) is 0 Å². The van der Waals surface area contributed by atoms with E-state index in [1.807, 2.05) is 6.92 Å². The molecule has 4 rings (SSSR count). The van der Waals surface area contributed by atoms with Crippen molar-refractivity contribution in [3.05, 3.63) is 39.5 Å². The van der Waals surface area contributed by atoms with Gasteiger partial charge in [-0.05, 0) is 49.5 Å². The zero-order chi connectivity index (χ0) is 18.3. The first-order valence-electron chi connectivity index (χ1n) is 9.08. The molecule has 0 aromatic carbocycles. The van der Waals surface area contributed by atoms with Gasteiger partial charge < -0.3 is 5.32 Å². The second-order valence-corrected chi connectivity index (χ2v) is 7.89. The van der Waals surface area contributed by atoms with E-state index in [4.69, 9.17) is 11.6 Å². The maximum atomic E-state index is 12.7. The molecule has 0 unspecified atom stereocenters. The number of halogens is 1. The van der Waals surface area contributed by atoms with Gasteiger partial charge in [0.25, 0.3) is 5.56 Å². The molecule has 1 amide bonds. The van der Waals surface area contributed by atoms with Crippen molar-refractivity contribution in [3.8, 4) is 0 Å². The van der Waals surface area contributed by atoms with Crippen LogP contribution in [-0.2, 0) is 11.3 Å². The van der Waals surface area contributed by atoms with Crippen molar-refractivity contribution in [2.45, 2.75) is 39.2 Å². The van der Waals surface area contributed by atoms with Crippen molar-refractivity contribution in [1.82, 2.24) is 20.0 Å². The molecular weight excluding hydrogens is 354 g/mol. The zero-order valence-electron chi connectivity index (χ0n) is 14.6. The lowest BCUT2D eigenvalue weighted by molar-refractivity contribution is -0.121. The van der Waals surface area contributed by atoms with E-state index >= 15 is 0 Å². The predicted octanol–water partition coefficient (Wildman–Crippen LogP) is 2.68. The average Bonchev–Trinajstić information content (AvgIpc) is 3.53. The topological polar surface area (TPSA) is 92.7 Å². The number of carbonyl (C=O) groups is 1. The molecule has 2 aliphatic carbocycles. The number of hydrogen-bond donors (Lipinski definition) is 2. The van der Waals surface area contributed by atoms with Gasteiger partial charge in [0.1, 0.15) is 5.15 Å². The number of aromatic nitrogens is 4. The fraction of sp³-hybridized carbons (Fsp3) is 0.556. The maximum Gasteiger partial charge on any atom is 0.269 e. The molecule has 0 aliphatic heterocycles. The molecule has 0 bridgehead atoms. The van der Waals surface area contributed by atoms with E-state index in [0.29, 0.717) is 17.2 Å². The predicted molar refractivity (Wildman–Crippen MR) is 97.9 cm³/mol.